The van der Waals surface area contributed by atoms with Crippen LogP contribution in [-0.4, -0.2) is 5.91 Å². The van der Waals surface area contributed by atoms with E-state index in [2.05, 4.69) is 6.58 Å². The van der Waals surface area contributed by atoms with Crippen LogP contribution >= 0.6 is 0 Å². The van der Waals surface area contributed by atoms with Crippen LogP contribution in [0.4, 0.5) is 11.4 Å². The van der Waals surface area contributed by atoms with Crippen molar-refractivity contribution in [2.75, 3.05) is 4.90 Å². The van der Waals surface area contributed by atoms with Gasteiger partial charge in [0, 0.05) is 5.69 Å². The van der Waals surface area contributed by atoms with Gasteiger partial charge < -0.3 is 0 Å². The van der Waals surface area contributed by atoms with Crippen molar-refractivity contribution in [2.45, 2.75) is 18.8 Å². The third kappa shape index (κ3) is 1.68. The molecule has 0 saturated heterocycles. The minimum absolute atomic E-state index is 0.116. The average Bonchev–Trinajstić information content (AvgIpc) is 2.70. The van der Waals surface area contributed by atoms with Crippen molar-refractivity contribution in [1.82, 2.24) is 0 Å². The van der Waals surface area contributed by atoms with E-state index in [0.717, 1.165) is 16.9 Å². The number of anilines is 2. The van der Waals surface area contributed by atoms with E-state index < -0.39 is 5.41 Å². The summed E-state index contributed by atoms with van der Waals surface area (Å²) in [4.78, 5) is 14.8. The molecule has 20 heavy (non-hydrogen) atoms. The summed E-state index contributed by atoms with van der Waals surface area (Å²) in [6.07, 6.45) is 2.47. The highest BCUT2D eigenvalue weighted by Gasteiger charge is 2.46. The first-order chi connectivity index (χ1) is 9.68. The van der Waals surface area contributed by atoms with Crippen LogP contribution in [0.25, 0.3) is 0 Å². The highest BCUT2D eigenvalue weighted by atomic mass is 16.2. The quantitative estimate of drug-likeness (QED) is 0.760. The topological polar surface area (TPSA) is 20.3 Å². The molecule has 0 fully saturated rings. The minimum Gasteiger partial charge on any atom is -0.280 e. The van der Waals surface area contributed by atoms with E-state index in [1.807, 2.05) is 72.5 Å². The second-order valence-electron chi connectivity index (χ2n) is 5.32. The molecule has 0 saturated carbocycles. The van der Waals surface area contributed by atoms with Crippen molar-refractivity contribution in [3.05, 3.63) is 72.8 Å². The van der Waals surface area contributed by atoms with Crippen LogP contribution < -0.4 is 4.90 Å². The lowest BCUT2D eigenvalue weighted by Gasteiger charge is -2.23. The van der Waals surface area contributed by atoms with Gasteiger partial charge in [0.05, 0.1) is 11.1 Å². The van der Waals surface area contributed by atoms with Crippen LogP contribution in [0.1, 0.15) is 18.9 Å². The molecular formula is C18H17NO. The Kier molecular flexibility index (Phi) is 2.94. The molecule has 1 atom stereocenters. The smallest absolute Gasteiger partial charge is 0.242 e. The monoisotopic (exact) mass is 263 g/mol. The predicted molar refractivity (Wildman–Crippen MR) is 82.2 cm³/mol. The Bertz CT molecular complexity index is 662. The molecule has 0 bridgehead atoms. The van der Waals surface area contributed by atoms with E-state index in [1.54, 1.807) is 0 Å². The zero-order valence-electron chi connectivity index (χ0n) is 11.5. The Morgan fingerprint density at radius 2 is 1.75 bits per heavy atom. The van der Waals surface area contributed by atoms with Gasteiger partial charge in [0.15, 0.2) is 0 Å². The van der Waals surface area contributed by atoms with Gasteiger partial charge in [-0.05, 0) is 37.1 Å². The first-order valence-corrected chi connectivity index (χ1v) is 6.78. The molecule has 1 aliphatic rings. The molecule has 1 amide bonds. The van der Waals surface area contributed by atoms with Crippen LogP contribution in [-0.2, 0) is 10.2 Å². The fraction of sp³-hybridized carbons (Fsp3) is 0.167. The number of allylic oxidation sites excluding steroid dienone is 1. The largest absolute Gasteiger partial charge is 0.280 e. The molecule has 2 aromatic carbocycles. The van der Waals surface area contributed by atoms with Crippen molar-refractivity contribution in [3.63, 3.8) is 0 Å². The SMILES string of the molecule is C=CC[C@@]1(C)C(=O)N(c2ccccc2)c2ccccc21. The van der Waals surface area contributed by atoms with Crippen molar-refractivity contribution < 1.29 is 4.79 Å². The van der Waals surface area contributed by atoms with Gasteiger partial charge in [0.2, 0.25) is 5.91 Å². The van der Waals surface area contributed by atoms with Crippen molar-refractivity contribution in [3.8, 4) is 0 Å². The maximum Gasteiger partial charge on any atom is 0.242 e. The number of para-hydroxylation sites is 2. The van der Waals surface area contributed by atoms with Gasteiger partial charge in [-0.15, -0.1) is 6.58 Å². The molecule has 0 radical (unpaired) electrons. The molecule has 1 heterocycles. The third-order valence-corrected chi connectivity index (χ3v) is 3.98. The second-order valence-corrected chi connectivity index (χ2v) is 5.32. The van der Waals surface area contributed by atoms with Crippen molar-refractivity contribution >= 4 is 17.3 Å². The Balaban J connectivity index is 2.19. The number of nitrogens with zero attached hydrogens (tertiary/aromatic N) is 1. The minimum atomic E-state index is -0.520. The van der Waals surface area contributed by atoms with Gasteiger partial charge in [0.25, 0.3) is 0 Å². The standard InChI is InChI=1S/C18H17NO/c1-3-13-18(2)15-11-7-8-12-16(15)19(17(18)20)14-9-5-4-6-10-14/h3-12H,1,13H2,2H3/t18-/m1/s1. The van der Waals surface area contributed by atoms with Gasteiger partial charge >= 0.3 is 0 Å². The Morgan fingerprint density at radius 3 is 2.45 bits per heavy atom. The molecular weight excluding hydrogens is 246 g/mol. The van der Waals surface area contributed by atoms with Gasteiger partial charge in [-0.25, -0.2) is 0 Å². The van der Waals surface area contributed by atoms with Gasteiger partial charge in [-0.1, -0.05) is 42.5 Å². The van der Waals surface area contributed by atoms with E-state index in [0.29, 0.717) is 6.42 Å². The average molecular weight is 263 g/mol. The summed E-state index contributed by atoms with van der Waals surface area (Å²) >= 11 is 0. The lowest BCUT2D eigenvalue weighted by atomic mass is 9.81. The molecule has 1 aliphatic heterocycles. The summed E-state index contributed by atoms with van der Waals surface area (Å²) in [5.41, 5.74) is 2.45. The number of carbonyl (C=O) groups is 1. The van der Waals surface area contributed by atoms with Gasteiger partial charge in [-0.2, -0.15) is 0 Å². The highest BCUT2D eigenvalue weighted by molar-refractivity contribution is 6.12. The van der Waals surface area contributed by atoms with Crippen LogP contribution in [0.15, 0.2) is 67.3 Å². The van der Waals surface area contributed by atoms with Crippen molar-refractivity contribution in [1.29, 1.82) is 0 Å². The molecule has 0 unspecified atom stereocenters. The Morgan fingerprint density at radius 1 is 1.10 bits per heavy atom. The van der Waals surface area contributed by atoms with E-state index >= 15 is 0 Å². The van der Waals surface area contributed by atoms with Crippen LogP contribution in [0.3, 0.4) is 0 Å². The number of hydrogen-bond acceptors (Lipinski definition) is 1. The zero-order chi connectivity index (χ0) is 14.2. The lowest BCUT2D eigenvalue weighted by molar-refractivity contribution is -0.121. The molecule has 0 spiro atoms. The highest BCUT2D eigenvalue weighted by Crippen LogP contribution is 2.47. The van der Waals surface area contributed by atoms with Crippen LogP contribution in [0.2, 0.25) is 0 Å². The first-order valence-electron chi connectivity index (χ1n) is 6.78. The number of amides is 1. The van der Waals surface area contributed by atoms with Crippen LogP contribution in [0.5, 0.6) is 0 Å². The van der Waals surface area contributed by atoms with E-state index in [1.165, 1.54) is 0 Å². The second kappa shape index (κ2) is 4.64. The predicted octanol–water partition coefficient (Wildman–Crippen LogP) is 4.20. The van der Waals surface area contributed by atoms with E-state index in [-0.39, 0.29) is 5.91 Å². The summed E-state index contributed by atoms with van der Waals surface area (Å²) in [7, 11) is 0. The Labute approximate surface area is 119 Å². The number of benzene rings is 2. The van der Waals surface area contributed by atoms with E-state index in [4.69, 9.17) is 0 Å². The molecule has 0 aliphatic carbocycles. The molecule has 100 valence electrons. The summed E-state index contributed by atoms with van der Waals surface area (Å²) in [6.45, 7) is 5.80. The van der Waals surface area contributed by atoms with Crippen molar-refractivity contribution in [2.24, 2.45) is 0 Å². The molecule has 3 rings (SSSR count). The van der Waals surface area contributed by atoms with Gasteiger partial charge in [-0.3, -0.25) is 9.69 Å². The number of fused-ring (bicyclic) bond motifs is 1. The number of hydrogen-bond donors (Lipinski definition) is 0. The summed E-state index contributed by atoms with van der Waals surface area (Å²) in [5, 5.41) is 0. The maximum atomic E-state index is 13.0. The van der Waals surface area contributed by atoms with Crippen LogP contribution in [0, 0.1) is 0 Å². The zero-order valence-corrected chi connectivity index (χ0v) is 11.5. The first kappa shape index (κ1) is 12.7. The maximum absolute atomic E-state index is 13.0. The summed E-state index contributed by atoms with van der Waals surface area (Å²) in [5.74, 6) is 0.116. The summed E-state index contributed by atoms with van der Waals surface area (Å²) < 4.78 is 0. The number of rotatable bonds is 3. The lowest BCUT2D eigenvalue weighted by Crippen LogP contribution is -2.35. The third-order valence-electron chi connectivity index (χ3n) is 3.98. The van der Waals surface area contributed by atoms with Gasteiger partial charge in [0.1, 0.15) is 0 Å². The molecule has 0 aromatic heterocycles. The summed E-state index contributed by atoms with van der Waals surface area (Å²) in [6, 6.07) is 17.8. The fourth-order valence-electron chi connectivity index (χ4n) is 2.93. The fourth-order valence-corrected chi connectivity index (χ4v) is 2.93. The molecule has 2 aromatic rings. The number of carbonyl (C=O) groups excluding carboxylic acids is 1. The molecule has 0 N–H and O–H groups in total. The molecule has 2 heteroatoms. The Hall–Kier alpha value is -2.35. The normalized spacial score (nSPS) is 20.9. The van der Waals surface area contributed by atoms with E-state index in [9.17, 15) is 4.79 Å². The molecule has 2 nitrogen and oxygen atoms in total.